The van der Waals surface area contributed by atoms with E-state index in [4.69, 9.17) is 11.5 Å². The van der Waals surface area contributed by atoms with E-state index in [-0.39, 0.29) is 89.5 Å². The molecule has 0 aromatic heterocycles. The highest BCUT2D eigenvalue weighted by Crippen LogP contribution is 2.27. The van der Waals surface area contributed by atoms with Crippen LogP contribution >= 0.6 is 0 Å². The molecule has 13 atom stereocenters. The number of amides is 11. The summed E-state index contributed by atoms with van der Waals surface area (Å²) >= 11 is 0. The van der Waals surface area contributed by atoms with Crippen LogP contribution in [-0.4, -0.2) is 205 Å². The third-order valence-electron chi connectivity index (χ3n) is 16.1. The van der Waals surface area contributed by atoms with Gasteiger partial charge in [-0.25, -0.2) is 4.79 Å². The number of carboxylic acid groups (broad SMARTS) is 1. The van der Waals surface area contributed by atoms with Gasteiger partial charge in [0, 0.05) is 32.4 Å². The molecule has 2 aromatic rings. The van der Waals surface area contributed by atoms with Gasteiger partial charge in [-0.05, 0) is 81.0 Å². The van der Waals surface area contributed by atoms with Crippen molar-refractivity contribution in [3.05, 3.63) is 65.7 Å². The van der Waals surface area contributed by atoms with Gasteiger partial charge in [-0.15, -0.1) is 0 Å². The van der Waals surface area contributed by atoms with Gasteiger partial charge in [0.1, 0.15) is 72.2 Å². The number of benzene rings is 2. The Morgan fingerprint density at radius 3 is 1.83 bits per heavy atom. The van der Waals surface area contributed by atoms with Crippen LogP contribution in [0.1, 0.15) is 115 Å². The Kier molecular flexibility index (Phi) is 27.5. The van der Waals surface area contributed by atoms with Gasteiger partial charge in [0.05, 0.1) is 19.3 Å². The van der Waals surface area contributed by atoms with E-state index >= 15 is 0 Å². The predicted molar refractivity (Wildman–Crippen MR) is 314 cm³/mol. The van der Waals surface area contributed by atoms with E-state index in [1.54, 1.807) is 44.2 Å². The number of nitrogens with two attached hydrogens (primary N) is 2. The molecule has 3 heterocycles. The molecule has 2 unspecified atom stereocenters. The molecule has 11 amide bonds. The number of phenols is 1. The number of hydrogen-bond donors (Lipinski definition) is 15. The maximum Gasteiger partial charge on any atom is 0.326 e. The molecule has 29 nitrogen and oxygen atoms in total. The zero-order valence-corrected chi connectivity index (χ0v) is 49.8. The summed E-state index contributed by atoms with van der Waals surface area (Å²) < 4.78 is 0. The van der Waals surface area contributed by atoms with Gasteiger partial charge in [-0.1, -0.05) is 88.4 Å². The minimum absolute atomic E-state index is 0.0684. The van der Waals surface area contributed by atoms with Crippen molar-refractivity contribution in [1.29, 1.82) is 0 Å². The zero-order chi connectivity index (χ0) is 64.8. The highest BCUT2D eigenvalue weighted by Gasteiger charge is 2.46. The number of rotatable bonds is 17. The Labute approximate surface area is 509 Å². The quantitative estimate of drug-likeness (QED) is 0.0730. The van der Waals surface area contributed by atoms with E-state index in [9.17, 15) is 83.1 Å². The minimum Gasteiger partial charge on any atom is -0.508 e. The fraction of sp³-hybridized carbons (Fsp3) is 0.593. The maximum atomic E-state index is 14.7. The van der Waals surface area contributed by atoms with E-state index in [0.29, 0.717) is 30.4 Å². The molecule has 2 aromatic carbocycles. The summed E-state index contributed by atoms with van der Waals surface area (Å²) in [6.45, 7) is 2.93. The lowest BCUT2D eigenvalue weighted by molar-refractivity contribution is -0.149. The van der Waals surface area contributed by atoms with Crippen LogP contribution in [0.3, 0.4) is 0 Å². The lowest BCUT2D eigenvalue weighted by Crippen LogP contribution is -2.62. The van der Waals surface area contributed by atoms with Crippen molar-refractivity contribution in [2.75, 3.05) is 26.3 Å². The SMILES string of the molecule is CC[C@H](C)[C@@H]1NC(=O)C(CO)NC(=O)[C@H](Cc2ccccc2)NC(=O)[C@H]([C@@H](C)O)NC(=O)[C@@H](NC(=O)[C@@H](N)CO)CCCCCCC(C(=O)N[C@@H](Cc2ccc(O)cc2)C(=O)O)NC(=O)[C@H](CCC(N)=O)NC(=O)[C@@H]2CCCN2C(=O)[C@@H]2CCCN2C1=O. The molecule has 3 aliphatic heterocycles. The molecule has 0 saturated carbocycles. The minimum atomic E-state index is -1.80. The first kappa shape index (κ1) is 70.5. The summed E-state index contributed by atoms with van der Waals surface area (Å²) in [5, 5.41) is 71.5. The van der Waals surface area contributed by atoms with Gasteiger partial charge in [0.15, 0.2) is 0 Å². The Hall–Kier alpha value is -8.28. The average molecular weight is 1240 g/mol. The van der Waals surface area contributed by atoms with Crippen molar-refractivity contribution >= 4 is 70.9 Å². The second-order valence-electron chi connectivity index (χ2n) is 22.7. The molecule has 17 N–H and O–H groups in total. The molecule has 484 valence electrons. The summed E-state index contributed by atoms with van der Waals surface area (Å²) in [6.07, 6.45) is -1.07. The van der Waals surface area contributed by atoms with Crippen molar-refractivity contribution in [2.45, 2.75) is 190 Å². The molecule has 88 heavy (non-hydrogen) atoms. The molecule has 3 fully saturated rings. The fourth-order valence-corrected chi connectivity index (χ4v) is 10.7. The largest absolute Gasteiger partial charge is 0.508 e. The second-order valence-corrected chi connectivity index (χ2v) is 22.7. The van der Waals surface area contributed by atoms with Crippen LogP contribution in [0.15, 0.2) is 54.6 Å². The lowest BCUT2D eigenvalue weighted by atomic mass is 9.96. The van der Waals surface area contributed by atoms with Crippen LogP contribution in [-0.2, 0) is 70.4 Å². The summed E-state index contributed by atoms with van der Waals surface area (Å²) in [4.78, 5) is 170. The number of primary amides is 1. The second kappa shape index (κ2) is 34.3. The molecule has 29 heteroatoms. The molecule has 0 spiro atoms. The van der Waals surface area contributed by atoms with E-state index in [2.05, 4.69) is 42.5 Å². The highest BCUT2D eigenvalue weighted by molar-refractivity contribution is 5.99. The van der Waals surface area contributed by atoms with Crippen LogP contribution in [0.4, 0.5) is 0 Å². The molecule has 0 bridgehead atoms. The number of aliphatic carboxylic acids is 1. The number of nitrogens with one attached hydrogen (secondary N) is 8. The monoisotopic (exact) mass is 1230 g/mol. The van der Waals surface area contributed by atoms with Gasteiger partial charge < -0.3 is 89.3 Å². The van der Waals surface area contributed by atoms with Gasteiger partial charge in [0.2, 0.25) is 65.0 Å². The van der Waals surface area contributed by atoms with Crippen LogP contribution in [0.5, 0.6) is 5.75 Å². The number of carbonyl (C=O) groups excluding carboxylic acids is 11. The average Bonchev–Trinajstić information content (AvgIpc) is 2.85. The first-order chi connectivity index (χ1) is 41.9. The van der Waals surface area contributed by atoms with Crippen molar-refractivity contribution in [1.82, 2.24) is 52.3 Å². The maximum absolute atomic E-state index is 14.7. The zero-order valence-electron chi connectivity index (χ0n) is 49.8. The first-order valence-electron chi connectivity index (χ1n) is 29.9. The van der Waals surface area contributed by atoms with Crippen LogP contribution in [0, 0.1) is 5.92 Å². The summed E-state index contributed by atoms with van der Waals surface area (Å²) in [6, 6.07) is -2.33. The number of aromatic hydroxyl groups is 1. The molecule has 3 saturated heterocycles. The number of nitrogens with zero attached hydrogens (tertiary/aromatic N) is 2. The number of aliphatic hydroxyl groups excluding tert-OH is 3. The molecular formula is C59H86N12O17. The summed E-state index contributed by atoms with van der Waals surface area (Å²) in [5.41, 5.74) is 12.2. The Balaban J connectivity index is 1.53. The molecule has 0 radical (unpaired) electrons. The van der Waals surface area contributed by atoms with Crippen molar-refractivity contribution in [3.63, 3.8) is 0 Å². The number of phenolic OH excluding ortho intramolecular Hbond substituents is 1. The molecular weight excluding hydrogens is 1150 g/mol. The van der Waals surface area contributed by atoms with Gasteiger partial charge in [-0.2, -0.15) is 0 Å². The van der Waals surface area contributed by atoms with Crippen LogP contribution < -0.4 is 54.0 Å². The van der Waals surface area contributed by atoms with Gasteiger partial charge >= 0.3 is 5.97 Å². The van der Waals surface area contributed by atoms with Crippen molar-refractivity contribution in [2.24, 2.45) is 17.4 Å². The van der Waals surface area contributed by atoms with Gasteiger partial charge in [0.25, 0.3) is 0 Å². The summed E-state index contributed by atoms with van der Waals surface area (Å²) in [5.74, 6) is -12.0. The van der Waals surface area contributed by atoms with Crippen LogP contribution in [0.2, 0.25) is 0 Å². The Morgan fingerprint density at radius 2 is 1.23 bits per heavy atom. The normalized spacial score (nSPS) is 25.9. The summed E-state index contributed by atoms with van der Waals surface area (Å²) in [7, 11) is 0. The van der Waals surface area contributed by atoms with Crippen molar-refractivity contribution in [3.8, 4) is 5.75 Å². The number of fused-ring (bicyclic) bond motifs is 2. The number of hydrogen-bond acceptors (Lipinski definition) is 17. The molecule has 5 rings (SSSR count). The molecule has 0 aliphatic carbocycles. The third kappa shape index (κ3) is 20.4. The van der Waals surface area contributed by atoms with E-state index in [1.165, 1.54) is 41.0 Å². The van der Waals surface area contributed by atoms with Crippen molar-refractivity contribution < 1.29 is 83.1 Å². The van der Waals surface area contributed by atoms with E-state index < -0.39 is 169 Å². The van der Waals surface area contributed by atoms with Gasteiger partial charge in [-0.3, -0.25) is 52.7 Å². The Morgan fingerprint density at radius 1 is 0.648 bits per heavy atom. The van der Waals surface area contributed by atoms with E-state index in [1.807, 2.05) is 0 Å². The smallest absolute Gasteiger partial charge is 0.326 e. The Bertz CT molecular complexity index is 2770. The number of aliphatic hydroxyl groups is 3. The van der Waals surface area contributed by atoms with Crippen LogP contribution in [0.25, 0.3) is 0 Å². The number of carboxylic acids is 1. The van der Waals surface area contributed by atoms with E-state index in [0.717, 1.165) is 0 Å². The predicted octanol–water partition coefficient (Wildman–Crippen LogP) is -3.52. The lowest BCUT2D eigenvalue weighted by Gasteiger charge is -2.35. The topological polar surface area (TPSA) is 461 Å². The first-order valence-corrected chi connectivity index (χ1v) is 29.9. The highest BCUT2D eigenvalue weighted by atomic mass is 16.4. The standard InChI is InChI=1S/C59H86N12O17/c1-4-32(2)47-58(86)71-27-13-19-45(71)57(85)70-26-12-18-44(70)55(83)64-40(24-25-46(61)76)51(79)63-38(50(78)66-42(59(87)88)29-35-20-22-36(75)23-21-35)16-10-5-6-11-17-39(62-49(77)37(60)30-72)52(80)69-48(33(3)74)56(84)65-41(28-34-14-8-7-9-15-34)53(81)67-43(31-73)54(82)68-47/h7-9,14-15,20-23,32-33,37-45,47-48,72-75H,4-6,10-13,16-19,24-31,60H2,1-3H3,(H2,61,76)(H,62,77)(H,63,79)(H,64,83)(H,65,84)(H,66,78)(H,67,81)(H,68,82)(H,69,80)(H,87,88)/t32-,33+,37-,38?,39-,40-,41-,42-,43?,44-,45-,47-,48-/m0/s1. The molecule has 3 aliphatic rings. The fourth-order valence-electron chi connectivity index (χ4n) is 10.7. The number of carbonyl (C=O) groups is 12. The third-order valence-corrected chi connectivity index (χ3v) is 16.1.